The number of rotatable bonds is 0. The van der Waals surface area contributed by atoms with Crippen LogP contribution in [0.3, 0.4) is 0 Å². The third-order valence-corrected chi connectivity index (χ3v) is 5.65. The molecule has 1 aliphatic carbocycles. The molecule has 1 atom stereocenters. The highest BCUT2D eigenvalue weighted by atomic mass is 35.5. The van der Waals surface area contributed by atoms with Gasteiger partial charge in [-0.2, -0.15) is 0 Å². The largest absolute Gasteiger partial charge is 0.225 e. The van der Waals surface area contributed by atoms with Crippen LogP contribution in [0.1, 0.15) is 37.6 Å². The van der Waals surface area contributed by atoms with Crippen LogP contribution in [-0.2, 0) is 12.8 Å². The van der Waals surface area contributed by atoms with Crippen molar-refractivity contribution < 1.29 is 0 Å². The Bertz CT molecular complexity index is 643. The van der Waals surface area contributed by atoms with Crippen LogP contribution < -0.4 is 0 Å². The lowest BCUT2D eigenvalue weighted by Crippen LogP contribution is -2.26. The van der Waals surface area contributed by atoms with Crippen molar-refractivity contribution in [3.63, 3.8) is 0 Å². The molecule has 19 heavy (non-hydrogen) atoms. The van der Waals surface area contributed by atoms with Gasteiger partial charge in [-0.15, -0.1) is 11.3 Å². The first-order valence-electron chi connectivity index (χ1n) is 6.49. The molecule has 0 saturated heterocycles. The maximum Gasteiger partial charge on any atom is 0.225 e. The SMILES string of the molecule is CC(C)(C)[C@H]1CCc2c(sc3nc(Cl)nc(Cl)c23)C1. The second-order valence-electron chi connectivity index (χ2n) is 6.27. The topological polar surface area (TPSA) is 25.8 Å². The van der Waals surface area contributed by atoms with Gasteiger partial charge < -0.3 is 0 Å². The summed E-state index contributed by atoms with van der Waals surface area (Å²) in [7, 11) is 0. The van der Waals surface area contributed by atoms with Crippen molar-refractivity contribution in [2.24, 2.45) is 11.3 Å². The molecule has 1 aliphatic rings. The maximum atomic E-state index is 6.24. The number of nitrogens with zero attached hydrogens (tertiary/aromatic N) is 2. The molecular weight excluding hydrogens is 299 g/mol. The van der Waals surface area contributed by atoms with Crippen molar-refractivity contribution in [3.05, 3.63) is 20.9 Å². The van der Waals surface area contributed by atoms with E-state index in [2.05, 4.69) is 30.7 Å². The van der Waals surface area contributed by atoms with Gasteiger partial charge in [-0.05, 0) is 47.8 Å². The van der Waals surface area contributed by atoms with Crippen molar-refractivity contribution >= 4 is 44.8 Å². The molecule has 3 rings (SSSR count). The molecule has 2 aromatic rings. The summed E-state index contributed by atoms with van der Waals surface area (Å²) in [6.45, 7) is 6.96. The summed E-state index contributed by atoms with van der Waals surface area (Å²) in [5, 5.41) is 1.77. The number of aromatic nitrogens is 2. The fraction of sp³-hybridized carbons (Fsp3) is 0.571. The van der Waals surface area contributed by atoms with E-state index in [0.29, 0.717) is 10.6 Å². The minimum absolute atomic E-state index is 0.239. The van der Waals surface area contributed by atoms with E-state index >= 15 is 0 Å². The summed E-state index contributed by atoms with van der Waals surface area (Å²) in [4.78, 5) is 10.7. The van der Waals surface area contributed by atoms with Gasteiger partial charge >= 0.3 is 0 Å². The van der Waals surface area contributed by atoms with Gasteiger partial charge in [-0.3, -0.25) is 0 Å². The zero-order valence-corrected chi connectivity index (χ0v) is 13.6. The molecule has 102 valence electrons. The van der Waals surface area contributed by atoms with Crippen LogP contribution >= 0.6 is 34.5 Å². The lowest BCUT2D eigenvalue weighted by molar-refractivity contribution is 0.218. The summed E-state index contributed by atoms with van der Waals surface area (Å²) in [5.74, 6) is 0.718. The first-order valence-corrected chi connectivity index (χ1v) is 8.07. The lowest BCUT2D eigenvalue weighted by atomic mass is 9.72. The molecule has 0 spiro atoms. The van der Waals surface area contributed by atoms with Gasteiger partial charge in [0.25, 0.3) is 0 Å². The van der Waals surface area contributed by atoms with E-state index in [1.54, 1.807) is 11.3 Å². The van der Waals surface area contributed by atoms with E-state index in [-0.39, 0.29) is 5.28 Å². The van der Waals surface area contributed by atoms with Gasteiger partial charge in [0, 0.05) is 4.88 Å². The predicted octanol–water partition coefficient (Wildman–Crippen LogP) is 5.15. The highest BCUT2D eigenvalue weighted by Gasteiger charge is 2.31. The molecule has 0 aromatic carbocycles. The third-order valence-electron chi connectivity index (χ3n) is 4.06. The number of fused-ring (bicyclic) bond motifs is 3. The van der Waals surface area contributed by atoms with Crippen LogP contribution in [0, 0.1) is 11.3 Å². The number of hydrogen-bond acceptors (Lipinski definition) is 3. The van der Waals surface area contributed by atoms with Crippen molar-refractivity contribution in [3.8, 4) is 0 Å². The Hall–Kier alpha value is -0.380. The molecular formula is C14H16Cl2N2S. The molecule has 5 heteroatoms. The molecule has 0 N–H and O–H groups in total. The number of hydrogen-bond donors (Lipinski definition) is 0. The quantitative estimate of drug-likeness (QED) is 0.496. The predicted molar refractivity (Wildman–Crippen MR) is 82.4 cm³/mol. The first kappa shape index (κ1) is 13.6. The van der Waals surface area contributed by atoms with Crippen molar-refractivity contribution in [2.45, 2.75) is 40.0 Å². The van der Waals surface area contributed by atoms with Crippen LogP contribution in [0.2, 0.25) is 10.4 Å². The van der Waals surface area contributed by atoms with Crippen molar-refractivity contribution in [1.29, 1.82) is 0 Å². The Morgan fingerprint density at radius 2 is 1.95 bits per heavy atom. The highest BCUT2D eigenvalue weighted by Crippen LogP contribution is 2.44. The molecule has 0 fully saturated rings. The van der Waals surface area contributed by atoms with Crippen LogP contribution in [0.5, 0.6) is 0 Å². The van der Waals surface area contributed by atoms with Gasteiger partial charge in [-0.1, -0.05) is 32.4 Å². The summed E-state index contributed by atoms with van der Waals surface area (Å²) >= 11 is 13.9. The Balaban J connectivity index is 2.10. The van der Waals surface area contributed by atoms with E-state index < -0.39 is 0 Å². The second kappa shape index (κ2) is 4.57. The minimum atomic E-state index is 0.239. The zero-order valence-electron chi connectivity index (χ0n) is 11.3. The third kappa shape index (κ3) is 2.37. The van der Waals surface area contributed by atoms with E-state index in [9.17, 15) is 0 Å². The molecule has 0 saturated carbocycles. The standard InChI is InChI=1S/C14H16Cl2N2S/c1-14(2,3)7-4-5-8-9(6-7)19-12-10(8)11(15)17-13(16)18-12/h7H,4-6H2,1-3H3/t7-/m0/s1. The Labute approximate surface area is 127 Å². The van der Waals surface area contributed by atoms with Crippen LogP contribution in [0.25, 0.3) is 10.2 Å². The number of thiophene rings is 1. The van der Waals surface area contributed by atoms with Crippen molar-refractivity contribution in [1.82, 2.24) is 9.97 Å². The van der Waals surface area contributed by atoms with E-state index in [4.69, 9.17) is 23.2 Å². The normalized spacial score (nSPS) is 19.7. The monoisotopic (exact) mass is 314 g/mol. The highest BCUT2D eigenvalue weighted by molar-refractivity contribution is 7.19. The molecule has 0 aliphatic heterocycles. The van der Waals surface area contributed by atoms with Gasteiger partial charge in [0.15, 0.2) is 0 Å². The average molecular weight is 315 g/mol. The molecule has 2 nitrogen and oxygen atoms in total. The molecule has 0 unspecified atom stereocenters. The summed E-state index contributed by atoms with van der Waals surface area (Å²) < 4.78 is 0. The summed E-state index contributed by atoms with van der Waals surface area (Å²) in [5.41, 5.74) is 1.70. The van der Waals surface area contributed by atoms with E-state index in [1.807, 2.05) is 0 Å². The lowest BCUT2D eigenvalue weighted by Gasteiger charge is -2.33. The minimum Gasteiger partial charge on any atom is -0.207 e. The van der Waals surface area contributed by atoms with Crippen LogP contribution in [0.4, 0.5) is 0 Å². The Morgan fingerprint density at radius 1 is 1.21 bits per heavy atom. The maximum absolute atomic E-state index is 6.24. The fourth-order valence-electron chi connectivity index (χ4n) is 2.85. The summed E-state index contributed by atoms with van der Waals surface area (Å²) in [6, 6.07) is 0. The number of halogens is 2. The van der Waals surface area contributed by atoms with Crippen LogP contribution in [-0.4, -0.2) is 9.97 Å². The summed E-state index contributed by atoms with van der Waals surface area (Å²) in [6.07, 6.45) is 3.40. The van der Waals surface area contributed by atoms with Gasteiger partial charge in [0.2, 0.25) is 5.28 Å². The van der Waals surface area contributed by atoms with Gasteiger partial charge in [0.05, 0.1) is 5.39 Å². The fourth-order valence-corrected chi connectivity index (χ4v) is 4.75. The molecule has 2 heterocycles. The molecule has 0 radical (unpaired) electrons. The Morgan fingerprint density at radius 3 is 2.63 bits per heavy atom. The van der Waals surface area contributed by atoms with E-state index in [1.165, 1.54) is 16.9 Å². The second-order valence-corrected chi connectivity index (χ2v) is 8.05. The average Bonchev–Trinajstić information content (AvgIpc) is 2.64. The molecule has 0 amide bonds. The van der Waals surface area contributed by atoms with Gasteiger partial charge in [-0.25, -0.2) is 9.97 Å². The van der Waals surface area contributed by atoms with Crippen molar-refractivity contribution in [2.75, 3.05) is 0 Å². The zero-order chi connectivity index (χ0) is 13.8. The molecule has 0 bridgehead atoms. The Kier molecular flexibility index (Phi) is 3.27. The molecule has 2 aromatic heterocycles. The van der Waals surface area contributed by atoms with Crippen LogP contribution in [0.15, 0.2) is 0 Å². The van der Waals surface area contributed by atoms with Gasteiger partial charge in [0.1, 0.15) is 9.98 Å². The number of aryl methyl sites for hydroxylation is 1. The first-order chi connectivity index (χ1) is 8.86. The smallest absolute Gasteiger partial charge is 0.207 e. The van der Waals surface area contributed by atoms with E-state index in [0.717, 1.165) is 29.0 Å².